The van der Waals surface area contributed by atoms with E-state index in [0.29, 0.717) is 0 Å². The normalized spacial score (nSPS) is 10.0. The molecule has 0 radical (unpaired) electrons. The van der Waals surface area contributed by atoms with Crippen LogP contribution in [0, 0.1) is 0 Å². The third-order valence-corrected chi connectivity index (χ3v) is 2.84. The van der Waals surface area contributed by atoms with Gasteiger partial charge in [-0.1, -0.05) is 11.8 Å². The van der Waals surface area contributed by atoms with E-state index in [4.69, 9.17) is 5.11 Å². The van der Waals surface area contributed by atoms with Crippen molar-refractivity contribution in [1.29, 1.82) is 0 Å². The molecular weight excluding hydrogens is 154 g/mol. The summed E-state index contributed by atoms with van der Waals surface area (Å²) in [6, 6.07) is 0. The molecular formula is C5H7NOS2. The number of aliphatic hydroxyl groups is 1. The van der Waals surface area contributed by atoms with Crippen LogP contribution < -0.4 is 0 Å². The van der Waals surface area contributed by atoms with E-state index in [-0.39, 0.29) is 6.61 Å². The van der Waals surface area contributed by atoms with Gasteiger partial charge in [-0.25, -0.2) is 4.98 Å². The SMILES string of the molecule is CSc1ncc(CO)s1. The summed E-state index contributed by atoms with van der Waals surface area (Å²) in [5, 5.41) is 8.61. The Hall–Kier alpha value is -0.0600. The lowest BCUT2D eigenvalue weighted by Crippen LogP contribution is -1.70. The zero-order valence-electron chi connectivity index (χ0n) is 5.00. The van der Waals surface area contributed by atoms with Gasteiger partial charge < -0.3 is 5.11 Å². The first kappa shape index (κ1) is 7.05. The van der Waals surface area contributed by atoms with Crippen molar-refractivity contribution in [2.45, 2.75) is 10.9 Å². The Balaban J connectivity index is 2.74. The van der Waals surface area contributed by atoms with Gasteiger partial charge in [0, 0.05) is 6.20 Å². The smallest absolute Gasteiger partial charge is 0.149 e. The first-order chi connectivity index (χ1) is 4.36. The lowest BCUT2D eigenvalue weighted by molar-refractivity contribution is 0.285. The summed E-state index contributed by atoms with van der Waals surface area (Å²) in [7, 11) is 0. The minimum Gasteiger partial charge on any atom is -0.391 e. The molecule has 1 N–H and O–H groups in total. The maximum atomic E-state index is 8.61. The second-order valence-corrected chi connectivity index (χ2v) is 3.62. The van der Waals surface area contributed by atoms with Gasteiger partial charge in [-0.2, -0.15) is 0 Å². The van der Waals surface area contributed by atoms with Gasteiger partial charge in [0.2, 0.25) is 0 Å². The summed E-state index contributed by atoms with van der Waals surface area (Å²) >= 11 is 3.14. The second kappa shape index (κ2) is 3.20. The fourth-order valence-electron chi connectivity index (χ4n) is 0.457. The Kier molecular flexibility index (Phi) is 2.50. The van der Waals surface area contributed by atoms with Gasteiger partial charge in [0.25, 0.3) is 0 Å². The highest BCUT2D eigenvalue weighted by Gasteiger charge is 1.96. The number of thioether (sulfide) groups is 1. The first-order valence-electron chi connectivity index (χ1n) is 2.46. The van der Waals surface area contributed by atoms with Gasteiger partial charge in [-0.3, -0.25) is 0 Å². The van der Waals surface area contributed by atoms with Crippen molar-refractivity contribution in [2.24, 2.45) is 0 Å². The maximum absolute atomic E-state index is 8.61. The zero-order chi connectivity index (χ0) is 6.69. The van der Waals surface area contributed by atoms with Crippen LogP contribution in [-0.2, 0) is 6.61 Å². The van der Waals surface area contributed by atoms with Crippen LogP contribution in [0.5, 0.6) is 0 Å². The first-order valence-corrected chi connectivity index (χ1v) is 4.50. The number of aromatic nitrogens is 1. The fourth-order valence-corrected chi connectivity index (χ4v) is 1.77. The van der Waals surface area contributed by atoms with Crippen molar-refractivity contribution in [3.63, 3.8) is 0 Å². The predicted octanol–water partition coefficient (Wildman–Crippen LogP) is 1.36. The highest BCUT2D eigenvalue weighted by Crippen LogP contribution is 2.21. The van der Waals surface area contributed by atoms with E-state index >= 15 is 0 Å². The Morgan fingerprint density at radius 2 is 2.67 bits per heavy atom. The Morgan fingerprint density at radius 1 is 1.89 bits per heavy atom. The van der Waals surface area contributed by atoms with Gasteiger partial charge in [-0.15, -0.1) is 11.3 Å². The molecule has 9 heavy (non-hydrogen) atoms. The minimum absolute atomic E-state index is 0.109. The van der Waals surface area contributed by atoms with Crippen molar-refractivity contribution in [1.82, 2.24) is 4.98 Å². The molecule has 50 valence electrons. The second-order valence-electron chi connectivity index (χ2n) is 1.45. The number of thiazole rings is 1. The molecule has 0 aliphatic heterocycles. The molecule has 1 aromatic rings. The highest BCUT2D eigenvalue weighted by molar-refractivity contribution is 8.00. The molecule has 0 atom stereocenters. The number of nitrogens with zero attached hydrogens (tertiary/aromatic N) is 1. The monoisotopic (exact) mass is 161 g/mol. The molecule has 0 aromatic carbocycles. The van der Waals surface area contributed by atoms with E-state index in [0.717, 1.165) is 9.22 Å². The maximum Gasteiger partial charge on any atom is 0.149 e. The van der Waals surface area contributed by atoms with Gasteiger partial charge in [-0.05, 0) is 6.26 Å². The van der Waals surface area contributed by atoms with Crippen molar-refractivity contribution < 1.29 is 5.11 Å². The lowest BCUT2D eigenvalue weighted by Gasteiger charge is -1.81. The van der Waals surface area contributed by atoms with Gasteiger partial charge in [0.15, 0.2) is 0 Å². The summed E-state index contributed by atoms with van der Waals surface area (Å²) in [6.45, 7) is 0.109. The Labute approximate surface area is 61.9 Å². The van der Waals surface area contributed by atoms with E-state index in [9.17, 15) is 0 Å². The van der Waals surface area contributed by atoms with Gasteiger partial charge >= 0.3 is 0 Å². The summed E-state index contributed by atoms with van der Waals surface area (Å²) in [6.07, 6.45) is 3.68. The molecule has 0 saturated carbocycles. The largest absolute Gasteiger partial charge is 0.391 e. The van der Waals surface area contributed by atoms with Gasteiger partial charge in [0.1, 0.15) is 4.34 Å². The van der Waals surface area contributed by atoms with Crippen LogP contribution in [0.1, 0.15) is 4.88 Å². The third kappa shape index (κ3) is 1.67. The average molecular weight is 161 g/mol. The van der Waals surface area contributed by atoms with Crippen LogP contribution in [0.2, 0.25) is 0 Å². The van der Waals surface area contributed by atoms with Crippen LogP contribution >= 0.6 is 23.1 Å². The molecule has 0 unspecified atom stereocenters. The van der Waals surface area contributed by atoms with E-state index in [1.165, 1.54) is 11.3 Å². The van der Waals surface area contributed by atoms with Crippen molar-refractivity contribution in [3.8, 4) is 0 Å². The number of aliphatic hydroxyl groups excluding tert-OH is 1. The van der Waals surface area contributed by atoms with E-state index in [1.807, 2.05) is 6.26 Å². The summed E-state index contributed by atoms with van der Waals surface area (Å²) < 4.78 is 1.01. The number of hydrogen-bond donors (Lipinski definition) is 1. The molecule has 0 spiro atoms. The van der Waals surface area contributed by atoms with E-state index < -0.39 is 0 Å². The molecule has 1 aromatic heterocycles. The molecule has 0 saturated heterocycles. The van der Waals surface area contributed by atoms with Crippen LogP contribution in [0.4, 0.5) is 0 Å². The zero-order valence-corrected chi connectivity index (χ0v) is 6.63. The third-order valence-electron chi connectivity index (χ3n) is 0.863. The lowest BCUT2D eigenvalue weighted by atomic mass is 10.6. The molecule has 0 amide bonds. The van der Waals surface area contributed by atoms with Crippen molar-refractivity contribution in [3.05, 3.63) is 11.1 Å². The molecule has 0 bridgehead atoms. The van der Waals surface area contributed by atoms with Crippen LogP contribution in [0.3, 0.4) is 0 Å². The molecule has 0 aliphatic rings. The van der Waals surface area contributed by atoms with Crippen LogP contribution in [0.15, 0.2) is 10.5 Å². The molecule has 0 fully saturated rings. The molecule has 1 rings (SSSR count). The van der Waals surface area contributed by atoms with Crippen LogP contribution in [0.25, 0.3) is 0 Å². The molecule has 4 heteroatoms. The average Bonchev–Trinajstić information content (AvgIpc) is 2.34. The number of hydrogen-bond acceptors (Lipinski definition) is 4. The molecule has 0 aliphatic carbocycles. The van der Waals surface area contributed by atoms with Crippen molar-refractivity contribution >= 4 is 23.1 Å². The quantitative estimate of drug-likeness (QED) is 0.665. The summed E-state index contributed by atoms with van der Waals surface area (Å²) in [4.78, 5) is 4.96. The van der Waals surface area contributed by atoms with E-state index in [2.05, 4.69) is 4.98 Å². The molecule has 1 heterocycles. The fraction of sp³-hybridized carbons (Fsp3) is 0.400. The van der Waals surface area contributed by atoms with Gasteiger partial charge in [0.05, 0.1) is 11.5 Å². The van der Waals surface area contributed by atoms with E-state index in [1.54, 1.807) is 18.0 Å². The Morgan fingerprint density at radius 3 is 3.00 bits per heavy atom. The highest BCUT2D eigenvalue weighted by atomic mass is 32.2. The summed E-state index contributed by atoms with van der Waals surface area (Å²) in [5.41, 5.74) is 0. The number of rotatable bonds is 2. The summed E-state index contributed by atoms with van der Waals surface area (Å²) in [5.74, 6) is 0. The topological polar surface area (TPSA) is 33.1 Å². The minimum atomic E-state index is 0.109. The molecule has 2 nitrogen and oxygen atoms in total. The van der Waals surface area contributed by atoms with Crippen LogP contribution in [-0.4, -0.2) is 16.3 Å². The standard InChI is InChI=1S/C5H7NOS2/c1-8-5-6-2-4(3-7)9-5/h2,7H,3H2,1H3. The predicted molar refractivity (Wildman–Crippen MR) is 39.8 cm³/mol. The van der Waals surface area contributed by atoms with Crippen molar-refractivity contribution in [2.75, 3.05) is 6.26 Å². The Bertz CT molecular complexity index is 168.